The van der Waals surface area contributed by atoms with Crippen LogP contribution in [-0.4, -0.2) is 35.2 Å². The van der Waals surface area contributed by atoms with Gasteiger partial charge in [-0.2, -0.15) is 0 Å². The minimum absolute atomic E-state index is 0.166. The molecule has 0 aliphatic heterocycles. The summed E-state index contributed by atoms with van der Waals surface area (Å²) in [5.41, 5.74) is 2.42. The first-order valence-electron chi connectivity index (χ1n) is 9.02. The van der Waals surface area contributed by atoms with Gasteiger partial charge < -0.3 is 14.8 Å². The summed E-state index contributed by atoms with van der Waals surface area (Å²) < 4.78 is 10.9. The first-order chi connectivity index (χ1) is 13.4. The van der Waals surface area contributed by atoms with E-state index in [-0.39, 0.29) is 25.2 Å². The zero-order valence-corrected chi connectivity index (χ0v) is 16.8. The maximum atomic E-state index is 11.0. The van der Waals surface area contributed by atoms with E-state index in [9.17, 15) is 4.79 Å². The maximum absolute atomic E-state index is 11.0. The van der Waals surface area contributed by atoms with E-state index in [1.54, 1.807) is 6.20 Å². The first kappa shape index (κ1) is 19.9. The summed E-state index contributed by atoms with van der Waals surface area (Å²) >= 11 is 6.40. The van der Waals surface area contributed by atoms with Crippen LogP contribution in [0, 0.1) is 0 Å². The van der Waals surface area contributed by atoms with Crippen molar-refractivity contribution < 1.29 is 14.3 Å². The van der Waals surface area contributed by atoms with Gasteiger partial charge in [-0.05, 0) is 26.0 Å². The molecule has 1 N–H and O–H groups in total. The van der Waals surface area contributed by atoms with Crippen molar-refractivity contribution in [2.45, 2.75) is 26.8 Å². The molecular formula is C21H22ClN3O3. The first-order valence-corrected chi connectivity index (χ1v) is 9.40. The number of halogens is 1. The van der Waals surface area contributed by atoms with E-state index < -0.39 is 0 Å². The number of esters is 1. The van der Waals surface area contributed by atoms with Crippen LogP contribution < -0.4 is 10.1 Å². The van der Waals surface area contributed by atoms with Crippen LogP contribution in [-0.2, 0) is 9.53 Å². The summed E-state index contributed by atoms with van der Waals surface area (Å²) in [6.45, 7) is 5.81. The van der Waals surface area contributed by atoms with Crippen LogP contribution in [0.25, 0.3) is 22.0 Å². The zero-order valence-electron chi connectivity index (χ0n) is 16.0. The van der Waals surface area contributed by atoms with Crippen molar-refractivity contribution in [2.75, 3.05) is 18.5 Å². The van der Waals surface area contributed by atoms with Gasteiger partial charge in [0.05, 0.1) is 5.52 Å². The molecule has 0 aliphatic rings. The van der Waals surface area contributed by atoms with Crippen molar-refractivity contribution in [3.63, 3.8) is 0 Å². The molecule has 28 heavy (non-hydrogen) atoms. The second-order valence-corrected chi connectivity index (χ2v) is 6.98. The fourth-order valence-corrected chi connectivity index (χ4v) is 2.97. The standard InChI is InChI=1S/C21H22ClN3O3/c1-13(2)24-21-23-12-15-10-17(16-6-4-5-7-18(16)22)20(11-19(15)25-21)28-9-8-27-14(3)26/h4-7,10-13H,8-9H2,1-3H3,(H,23,24,25). The van der Waals surface area contributed by atoms with E-state index in [1.165, 1.54) is 6.92 Å². The second kappa shape index (κ2) is 8.89. The van der Waals surface area contributed by atoms with Gasteiger partial charge in [0, 0.05) is 46.8 Å². The summed E-state index contributed by atoms with van der Waals surface area (Å²) in [6.07, 6.45) is 1.77. The van der Waals surface area contributed by atoms with Gasteiger partial charge in [-0.15, -0.1) is 0 Å². The Kier molecular flexibility index (Phi) is 6.31. The Labute approximate surface area is 168 Å². The molecular weight excluding hydrogens is 378 g/mol. The number of benzene rings is 2. The molecule has 0 aliphatic carbocycles. The number of ether oxygens (including phenoxy) is 2. The predicted octanol–water partition coefficient (Wildman–Crippen LogP) is 4.71. The molecule has 3 rings (SSSR count). The lowest BCUT2D eigenvalue weighted by Crippen LogP contribution is -2.12. The summed E-state index contributed by atoms with van der Waals surface area (Å²) in [4.78, 5) is 19.9. The van der Waals surface area contributed by atoms with E-state index in [0.717, 1.165) is 22.0 Å². The highest BCUT2D eigenvalue weighted by Gasteiger charge is 2.13. The number of aromatic nitrogens is 2. The van der Waals surface area contributed by atoms with Gasteiger partial charge in [0.25, 0.3) is 0 Å². The number of carbonyl (C=O) groups excluding carboxylic acids is 1. The van der Waals surface area contributed by atoms with Crippen molar-refractivity contribution >= 4 is 34.4 Å². The van der Waals surface area contributed by atoms with E-state index in [1.807, 2.05) is 50.2 Å². The highest BCUT2D eigenvalue weighted by atomic mass is 35.5. The number of anilines is 1. The molecule has 0 saturated heterocycles. The Morgan fingerprint density at radius 3 is 2.68 bits per heavy atom. The van der Waals surface area contributed by atoms with Crippen LogP contribution in [0.3, 0.4) is 0 Å². The molecule has 0 atom stereocenters. The lowest BCUT2D eigenvalue weighted by Gasteiger charge is -2.15. The van der Waals surface area contributed by atoms with Gasteiger partial charge in [0.2, 0.25) is 5.95 Å². The average molecular weight is 400 g/mol. The topological polar surface area (TPSA) is 73.3 Å². The van der Waals surface area contributed by atoms with Gasteiger partial charge in [-0.1, -0.05) is 29.8 Å². The predicted molar refractivity (Wildman–Crippen MR) is 111 cm³/mol. The molecule has 0 amide bonds. The highest BCUT2D eigenvalue weighted by Crippen LogP contribution is 2.37. The Hall–Kier alpha value is -2.86. The second-order valence-electron chi connectivity index (χ2n) is 6.57. The molecule has 146 valence electrons. The molecule has 1 heterocycles. The van der Waals surface area contributed by atoms with Crippen LogP contribution in [0.5, 0.6) is 5.75 Å². The highest BCUT2D eigenvalue weighted by molar-refractivity contribution is 6.33. The monoisotopic (exact) mass is 399 g/mol. The molecule has 6 nitrogen and oxygen atoms in total. The number of fused-ring (bicyclic) bond motifs is 1. The normalized spacial score (nSPS) is 10.9. The zero-order chi connectivity index (χ0) is 20.1. The molecule has 0 spiro atoms. The van der Waals surface area contributed by atoms with Crippen molar-refractivity contribution in [1.82, 2.24) is 9.97 Å². The lowest BCUT2D eigenvalue weighted by molar-refractivity contribution is -0.141. The fraction of sp³-hybridized carbons (Fsp3) is 0.286. The molecule has 0 saturated carbocycles. The van der Waals surface area contributed by atoms with Crippen molar-refractivity contribution in [3.05, 3.63) is 47.6 Å². The van der Waals surface area contributed by atoms with Crippen molar-refractivity contribution in [3.8, 4) is 16.9 Å². The van der Waals surface area contributed by atoms with Crippen LogP contribution in [0.1, 0.15) is 20.8 Å². The third-order valence-electron chi connectivity index (χ3n) is 3.91. The average Bonchev–Trinajstić information content (AvgIpc) is 2.64. The molecule has 0 bridgehead atoms. The number of nitrogens with one attached hydrogen (secondary N) is 1. The van der Waals surface area contributed by atoms with Crippen molar-refractivity contribution in [1.29, 1.82) is 0 Å². The summed E-state index contributed by atoms with van der Waals surface area (Å²) in [5.74, 6) is 0.825. The summed E-state index contributed by atoms with van der Waals surface area (Å²) in [6, 6.07) is 11.6. The molecule has 3 aromatic rings. The van der Waals surface area contributed by atoms with Crippen LogP contribution in [0.4, 0.5) is 5.95 Å². The molecule has 1 aromatic heterocycles. The number of nitrogens with zero attached hydrogens (tertiary/aromatic N) is 2. The van der Waals surface area contributed by atoms with Gasteiger partial charge in [-0.3, -0.25) is 4.79 Å². The molecule has 2 aromatic carbocycles. The van der Waals surface area contributed by atoms with E-state index in [2.05, 4.69) is 15.3 Å². The number of hydrogen-bond donors (Lipinski definition) is 1. The molecule has 0 radical (unpaired) electrons. The van der Waals surface area contributed by atoms with Gasteiger partial charge in [0.1, 0.15) is 19.0 Å². The third kappa shape index (κ3) is 4.89. The van der Waals surface area contributed by atoms with Crippen LogP contribution in [0.15, 0.2) is 42.6 Å². The lowest BCUT2D eigenvalue weighted by atomic mass is 10.0. The third-order valence-corrected chi connectivity index (χ3v) is 4.24. The van der Waals surface area contributed by atoms with Crippen LogP contribution >= 0.6 is 11.6 Å². The smallest absolute Gasteiger partial charge is 0.302 e. The summed E-state index contributed by atoms with van der Waals surface area (Å²) in [5, 5.41) is 4.68. The SMILES string of the molecule is CC(=O)OCCOc1cc2nc(NC(C)C)ncc2cc1-c1ccccc1Cl. The van der Waals surface area contributed by atoms with E-state index in [0.29, 0.717) is 16.7 Å². The summed E-state index contributed by atoms with van der Waals surface area (Å²) in [7, 11) is 0. The quantitative estimate of drug-likeness (QED) is 0.458. The Morgan fingerprint density at radius 1 is 1.18 bits per heavy atom. The number of hydrogen-bond acceptors (Lipinski definition) is 6. The Balaban J connectivity index is 2.01. The van der Waals surface area contributed by atoms with Gasteiger partial charge in [0.15, 0.2) is 0 Å². The van der Waals surface area contributed by atoms with Gasteiger partial charge >= 0.3 is 5.97 Å². The van der Waals surface area contributed by atoms with Crippen molar-refractivity contribution in [2.24, 2.45) is 0 Å². The van der Waals surface area contributed by atoms with Gasteiger partial charge in [-0.25, -0.2) is 9.97 Å². The van der Waals surface area contributed by atoms with E-state index in [4.69, 9.17) is 21.1 Å². The molecule has 0 fully saturated rings. The fourth-order valence-electron chi connectivity index (χ4n) is 2.73. The molecule has 0 unspecified atom stereocenters. The Morgan fingerprint density at radius 2 is 1.96 bits per heavy atom. The molecule has 7 heteroatoms. The maximum Gasteiger partial charge on any atom is 0.302 e. The Bertz CT molecular complexity index is 992. The van der Waals surface area contributed by atoms with E-state index >= 15 is 0 Å². The van der Waals surface area contributed by atoms with Crippen LogP contribution in [0.2, 0.25) is 5.02 Å². The number of rotatable bonds is 7. The largest absolute Gasteiger partial charge is 0.489 e. The number of carbonyl (C=O) groups is 1. The minimum Gasteiger partial charge on any atom is -0.489 e. The minimum atomic E-state index is -0.342.